The van der Waals surface area contributed by atoms with Crippen LogP contribution < -0.4 is 9.64 Å². The average Bonchev–Trinajstić information content (AvgIpc) is 2.92. The third-order valence-electron chi connectivity index (χ3n) is 5.91. The van der Waals surface area contributed by atoms with Crippen LogP contribution >= 0.6 is 15.9 Å². The highest BCUT2D eigenvalue weighted by molar-refractivity contribution is 9.10. The minimum atomic E-state index is -3.49. The first-order valence-electron chi connectivity index (χ1n) is 10.7. The normalized spacial score (nSPS) is 19.7. The van der Waals surface area contributed by atoms with Gasteiger partial charge in [-0.1, -0.05) is 28.8 Å². The number of anilines is 1. The molecule has 1 saturated heterocycles. The van der Waals surface area contributed by atoms with Gasteiger partial charge in [-0.05, 0) is 74.2 Å². The molecule has 1 unspecified atom stereocenters. The van der Waals surface area contributed by atoms with E-state index in [0.29, 0.717) is 18.8 Å². The molecule has 2 heterocycles. The van der Waals surface area contributed by atoms with Crippen molar-refractivity contribution in [2.45, 2.75) is 50.0 Å². The Morgan fingerprint density at radius 1 is 1.06 bits per heavy atom. The highest BCUT2D eigenvalue weighted by atomic mass is 79.9. The van der Waals surface area contributed by atoms with Crippen molar-refractivity contribution in [1.29, 1.82) is 0 Å². The van der Waals surface area contributed by atoms with Gasteiger partial charge in [-0.15, -0.1) is 0 Å². The number of rotatable bonds is 5. The number of benzene rings is 2. The summed E-state index contributed by atoms with van der Waals surface area (Å²) in [5.41, 5.74) is 2.06. The molecule has 1 amide bonds. The first-order valence-corrected chi connectivity index (χ1v) is 12.9. The fourth-order valence-electron chi connectivity index (χ4n) is 4.33. The molecule has 2 aromatic rings. The largest absolute Gasteiger partial charge is 0.484 e. The van der Waals surface area contributed by atoms with Gasteiger partial charge in [-0.3, -0.25) is 4.79 Å². The number of carbonyl (C=O) groups is 1. The molecule has 2 aliphatic heterocycles. The highest BCUT2D eigenvalue weighted by Crippen LogP contribution is 2.34. The zero-order chi connectivity index (χ0) is 22.0. The Labute approximate surface area is 192 Å². The lowest BCUT2D eigenvalue weighted by atomic mass is 10.1. The number of ether oxygens (including phenoxy) is 1. The molecule has 0 saturated carbocycles. The molecule has 1 atom stereocenters. The number of sulfonamides is 1. The maximum Gasteiger partial charge on any atom is 0.265 e. The molecule has 31 heavy (non-hydrogen) atoms. The molecule has 8 heteroatoms. The number of amides is 1. The molecule has 0 spiro atoms. The standard InChI is InChI=1S/C23H27BrN2O4S/c1-17-14-18-15-19(24)6-11-22(18)26(17)23(27)16-30-20-7-9-21(10-8-20)31(28,29)25-12-4-2-3-5-13-25/h6-11,15,17H,2-5,12-14,16H2,1H3. The minimum Gasteiger partial charge on any atom is -0.484 e. The van der Waals surface area contributed by atoms with Gasteiger partial charge in [0.2, 0.25) is 10.0 Å². The van der Waals surface area contributed by atoms with Crippen LogP contribution in [0.15, 0.2) is 51.8 Å². The van der Waals surface area contributed by atoms with Crippen molar-refractivity contribution >= 4 is 37.5 Å². The van der Waals surface area contributed by atoms with E-state index in [-0.39, 0.29) is 23.5 Å². The summed E-state index contributed by atoms with van der Waals surface area (Å²) in [6.45, 7) is 3.06. The average molecular weight is 507 g/mol. The SMILES string of the molecule is CC1Cc2cc(Br)ccc2N1C(=O)COc1ccc(S(=O)(=O)N2CCCCCC2)cc1. The maximum absolute atomic E-state index is 12.9. The Morgan fingerprint density at radius 3 is 2.42 bits per heavy atom. The molecular weight excluding hydrogens is 480 g/mol. The highest BCUT2D eigenvalue weighted by Gasteiger charge is 2.31. The molecule has 4 rings (SSSR count). The van der Waals surface area contributed by atoms with Gasteiger partial charge in [0.25, 0.3) is 5.91 Å². The number of carbonyl (C=O) groups excluding carboxylic acids is 1. The zero-order valence-corrected chi connectivity index (χ0v) is 20.0. The Hall–Kier alpha value is -1.90. The van der Waals surface area contributed by atoms with Crippen LogP contribution in [0.1, 0.15) is 38.2 Å². The topological polar surface area (TPSA) is 66.9 Å². The maximum atomic E-state index is 12.9. The third kappa shape index (κ3) is 4.81. The molecule has 0 aromatic heterocycles. The fraction of sp³-hybridized carbons (Fsp3) is 0.435. The van der Waals surface area contributed by atoms with Crippen LogP contribution in [0.4, 0.5) is 5.69 Å². The Kier molecular flexibility index (Phi) is 6.69. The van der Waals surface area contributed by atoms with Gasteiger partial charge in [0, 0.05) is 29.3 Å². The van der Waals surface area contributed by atoms with Crippen LogP contribution in [0.5, 0.6) is 5.75 Å². The van der Waals surface area contributed by atoms with Crippen molar-refractivity contribution < 1.29 is 17.9 Å². The summed E-state index contributed by atoms with van der Waals surface area (Å²) in [6.07, 6.45) is 4.76. The second-order valence-electron chi connectivity index (χ2n) is 8.17. The van der Waals surface area contributed by atoms with E-state index >= 15 is 0 Å². The summed E-state index contributed by atoms with van der Waals surface area (Å²) in [4.78, 5) is 14.9. The molecule has 1 fully saturated rings. The van der Waals surface area contributed by atoms with E-state index in [4.69, 9.17) is 4.74 Å². The predicted octanol–water partition coefficient (Wildman–Crippen LogP) is 4.37. The van der Waals surface area contributed by atoms with E-state index in [1.165, 1.54) is 0 Å². The summed E-state index contributed by atoms with van der Waals surface area (Å²) in [5.74, 6) is 0.362. The summed E-state index contributed by atoms with van der Waals surface area (Å²) < 4.78 is 34.0. The van der Waals surface area contributed by atoms with Crippen molar-refractivity contribution in [3.05, 3.63) is 52.5 Å². The van der Waals surface area contributed by atoms with E-state index < -0.39 is 10.0 Å². The van der Waals surface area contributed by atoms with Crippen molar-refractivity contribution in [2.24, 2.45) is 0 Å². The summed E-state index contributed by atoms with van der Waals surface area (Å²) in [5, 5.41) is 0. The second kappa shape index (κ2) is 9.30. The van der Waals surface area contributed by atoms with E-state index in [1.807, 2.05) is 25.1 Å². The number of halogens is 1. The zero-order valence-electron chi connectivity index (χ0n) is 17.6. The molecule has 2 aliphatic rings. The van der Waals surface area contributed by atoms with Crippen molar-refractivity contribution in [2.75, 3.05) is 24.6 Å². The smallest absolute Gasteiger partial charge is 0.265 e. The van der Waals surface area contributed by atoms with Crippen LogP contribution in [0.2, 0.25) is 0 Å². The molecule has 0 N–H and O–H groups in total. The van der Waals surface area contributed by atoms with E-state index in [2.05, 4.69) is 15.9 Å². The number of nitrogens with zero attached hydrogens (tertiary/aromatic N) is 2. The van der Waals surface area contributed by atoms with Gasteiger partial charge in [-0.25, -0.2) is 8.42 Å². The third-order valence-corrected chi connectivity index (χ3v) is 8.32. The quantitative estimate of drug-likeness (QED) is 0.603. The van der Waals surface area contributed by atoms with Gasteiger partial charge in [0.05, 0.1) is 4.90 Å². The van der Waals surface area contributed by atoms with Crippen molar-refractivity contribution in [1.82, 2.24) is 4.31 Å². The number of fused-ring (bicyclic) bond motifs is 1. The number of hydrogen-bond acceptors (Lipinski definition) is 4. The van der Waals surface area contributed by atoms with Crippen LogP contribution in [-0.2, 0) is 21.2 Å². The van der Waals surface area contributed by atoms with Gasteiger partial charge >= 0.3 is 0 Å². The Bertz CT molecular complexity index is 1050. The first-order chi connectivity index (χ1) is 14.9. The Morgan fingerprint density at radius 2 is 1.74 bits per heavy atom. The lowest BCUT2D eigenvalue weighted by molar-refractivity contribution is -0.120. The monoisotopic (exact) mass is 506 g/mol. The van der Waals surface area contributed by atoms with E-state index in [9.17, 15) is 13.2 Å². The molecular formula is C23H27BrN2O4S. The van der Waals surface area contributed by atoms with Gasteiger partial charge in [0.1, 0.15) is 5.75 Å². The summed E-state index contributed by atoms with van der Waals surface area (Å²) >= 11 is 3.48. The van der Waals surface area contributed by atoms with Crippen LogP contribution in [-0.4, -0.2) is 44.4 Å². The van der Waals surface area contributed by atoms with Crippen LogP contribution in [0.25, 0.3) is 0 Å². The second-order valence-corrected chi connectivity index (χ2v) is 11.0. The molecule has 0 bridgehead atoms. The van der Waals surface area contributed by atoms with Crippen LogP contribution in [0.3, 0.4) is 0 Å². The predicted molar refractivity (Wildman–Crippen MR) is 124 cm³/mol. The lowest BCUT2D eigenvalue weighted by Crippen LogP contribution is -2.39. The summed E-state index contributed by atoms with van der Waals surface area (Å²) in [7, 11) is -3.49. The molecule has 2 aromatic carbocycles. The fourth-order valence-corrected chi connectivity index (χ4v) is 6.26. The summed E-state index contributed by atoms with van der Waals surface area (Å²) in [6, 6.07) is 12.4. The minimum absolute atomic E-state index is 0.0709. The van der Waals surface area contributed by atoms with Crippen LogP contribution in [0, 0.1) is 0 Å². The van der Waals surface area contributed by atoms with E-state index in [1.54, 1.807) is 33.5 Å². The molecule has 166 valence electrons. The van der Waals surface area contributed by atoms with Crippen molar-refractivity contribution in [3.63, 3.8) is 0 Å². The number of hydrogen-bond donors (Lipinski definition) is 0. The lowest BCUT2D eigenvalue weighted by Gasteiger charge is -2.23. The van der Waals surface area contributed by atoms with Gasteiger partial charge in [0.15, 0.2) is 6.61 Å². The molecule has 0 radical (unpaired) electrons. The Balaban J connectivity index is 1.40. The van der Waals surface area contributed by atoms with E-state index in [0.717, 1.165) is 47.8 Å². The van der Waals surface area contributed by atoms with Gasteiger partial charge < -0.3 is 9.64 Å². The first kappa shape index (κ1) is 22.3. The molecule has 0 aliphatic carbocycles. The molecule has 6 nitrogen and oxygen atoms in total. The van der Waals surface area contributed by atoms with Gasteiger partial charge in [-0.2, -0.15) is 4.31 Å². The van der Waals surface area contributed by atoms with Crippen molar-refractivity contribution in [3.8, 4) is 5.75 Å².